The van der Waals surface area contributed by atoms with Crippen molar-refractivity contribution in [3.63, 3.8) is 0 Å². The average molecular weight is 513 g/mol. The number of benzene rings is 1. The van der Waals surface area contributed by atoms with E-state index in [1.807, 2.05) is 78.9 Å². The van der Waals surface area contributed by atoms with Crippen molar-refractivity contribution in [3.05, 3.63) is 47.7 Å². The van der Waals surface area contributed by atoms with Gasteiger partial charge in [0.15, 0.2) is 0 Å². The summed E-state index contributed by atoms with van der Waals surface area (Å²) in [5, 5.41) is 16.6. The highest BCUT2D eigenvalue weighted by Crippen LogP contribution is 2.34. The minimum absolute atomic E-state index is 0.0227. The van der Waals surface area contributed by atoms with Gasteiger partial charge in [-0.1, -0.05) is 72.7 Å². The lowest BCUT2D eigenvalue weighted by Gasteiger charge is -2.39. The van der Waals surface area contributed by atoms with E-state index in [1.54, 1.807) is 25.1 Å². The monoisotopic (exact) mass is 512 g/mol. The summed E-state index contributed by atoms with van der Waals surface area (Å²) < 4.78 is 0. The topological polar surface area (TPSA) is 115 Å². The SMILES string of the molecule is CNC(C(=O)N[C@H](C(=O)N(C)C(/C=C(\C)C(=O)O)C(C)C)C(C)(C)C)C(C)(C)c1c[nH]c2ccccc12. The molecule has 2 aromatic rings. The lowest BCUT2D eigenvalue weighted by atomic mass is 9.76. The Balaban J connectivity index is 2.40. The molecule has 0 saturated heterocycles. The third kappa shape index (κ3) is 6.60. The molecule has 2 amide bonds. The van der Waals surface area contributed by atoms with Crippen LogP contribution >= 0.6 is 0 Å². The Morgan fingerprint density at radius 2 is 1.65 bits per heavy atom. The van der Waals surface area contributed by atoms with E-state index in [0.29, 0.717) is 0 Å². The number of carboxylic acids is 1. The number of aromatic amines is 1. The summed E-state index contributed by atoms with van der Waals surface area (Å²) in [7, 11) is 3.41. The highest BCUT2D eigenvalue weighted by molar-refractivity contribution is 5.93. The molecule has 1 heterocycles. The summed E-state index contributed by atoms with van der Waals surface area (Å²) >= 11 is 0. The van der Waals surface area contributed by atoms with E-state index in [4.69, 9.17) is 0 Å². The van der Waals surface area contributed by atoms with Gasteiger partial charge in [-0.2, -0.15) is 0 Å². The van der Waals surface area contributed by atoms with Crippen molar-refractivity contribution >= 4 is 28.7 Å². The first-order valence-corrected chi connectivity index (χ1v) is 12.8. The summed E-state index contributed by atoms with van der Waals surface area (Å²) in [6.45, 7) is 15.1. The van der Waals surface area contributed by atoms with Gasteiger partial charge in [0.25, 0.3) is 0 Å². The number of nitrogens with zero attached hydrogens (tertiary/aromatic N) is 1. The van der Waals surface area contributed by atoms with Gasteiger partial charge in [-0.05, 0) is 36.9 Å². The maximum Gasteiger partial charge on any atom is 0.331 e. The van der Waals surface area contributed by atoms with Crippen molar-refractivity contribution in [1.29, 1.82) is 0 Å². The minimum Gasteiger partial charge on any atom is -0.478 e. The molecule has 0 bridgehead atoms. The predicted octanol–water partition coefficient (Wildman–Crippen LogP) is 4.08. The van der Waals surface area contributed by atoms with Crippen LogP contribution in [0, 0.1) is 11.3 Å². The number of hydrogen-bond acceptors (Lipinski definition) is 4. The van der Waals surface area contributed by atoms with Gasteiger partial charge in [0.1, 0.15) is 6.04 Å². The molecule has 2 unspecified atom stereocenters. The largest absolute Gasteiger partial charge is 0.478 e. The summed E-state index contributed by atoms with van der Waals surface area (Å²) in [5.74, 6) is -1.60. The van der Waals surface area contributed by atoms with Crippen molar-refractivity contribution < 1.29 is 19.5 Å². The number of para-hydroxylation sites is 1. The molecule has 2 rings (SSSR count). The van der Waals surface area contributed by atoms with Crippen LogP contribution in [0.15, 0.2) is 42.1 Å². The molecule has 8 heteroatoms. The normalized spacial score (nSPS) is 15.4. The summed E-state index contributed by atoms with van der Waals surface area (Å²) in [4.78, 5) is 43.8. The molecule has 8 nitrogen and oxygen atoms in total. The highest BCUT2D eigenvalue weighted by atomic mass is 16.4. The fourth-order valence-electron chi connectivity index (χ4n) is 4.88. The molecule has 3 atom stereocenters. The molecule has 204 valence electrons. The van der Waals surface area contributed by atoms with Gasteiger partial charge in [0.2, 0.25) is 11.8 Å². The summed E-state index contributed by atoms with van der Waals surface area (Å²) in [6, 6.07) is 6.09. The van der Waals surface area contributed by atoms with Crippen LogP contribution < -0.4 is 10.6 Å². The highest BCUT2D eigenvalue weighted by Gasteiger charge is 2.42. The second-order valence-corrected chi connectivity index (χ2v) is 11.8. The summed E-state index contributed by atoms with van der Waals surface area (Å²) in [6.07, 6.45) is 3.54. The third-order valence-electron chi connectivity index (χ3n) is 7.19. The van der Waals surface area contributed by atoms with E-state index >= 15 is 0 Å². The van der Waals surface area contributed by atoms with Gasteiger partial charge in [-0.3, -0.25) is 9.59 Å². The van der Waals surface area contributed by atoms with Crippen molar-refractivity contribution in [2.45, 2.75) is 78.9 Å². The number of nitrogens with one attached hydrogen (secondary N) is 3. The van der Waals surface area contributed by atoms with E-state index in [9.17, 15) is 19.5 Å². The number of carboxylic acid groups (broad SMARTS) is 1. The number of aromatic nitrogens is 1. The van der Waals surface area contributed by atoms with Gasteiger partial charge < -0.3 is 25.6 Å². The number of hydrogen-bond donors (Lipinski definition) is 4. The Kier molecular flexibility index (Phi) is 9.36. The number of rotatable bonds is 10. The van der Waals surface area contributed by atoms with Crippen LogP contribution in [-0.4, -0.2) is 65.0 Å². The number of aliphatic carboxylic acids is 1. The number of amides is 2. The lowest BCUT2D eigenvalue weighted by Crippen LogP contribution is -2.61. The van der Waals surface area contributed by atoms with E-state index in [0.717, 1.165) is 16.5 Å². The van der Waals surface area contributed by atoms with Crippen molar-refractivity contribution in [1.82, 2.24) is 20.5 Å². The Bertz CT molecular complexity index is 1160. The van der Waals surface area contributed by atoms with Crippen LogP contribution in [-0.2, 0) is 19.8 Å². The zero-order chi connectivity index (χ0) is 28.3. The molecule has 4 N–H and O–H groups in total. The molecule has 0 aliphatic carbocycles. The molecule has 1 aromatic heterocycles. The first kappa shape index (κ1) is 30.1. The molecular weight excluding hydrogens is 468 g/mol. The second-order valence-electron chi connectivity index (χ2n) is 11.8. The van der Waals surface area contributed by atoms with Crippen LogP contribution in [0.1, 0.15) is 61.0 Å². The fraction of sp³-hybridized carbons (Fsp3) is 0.552. The third-order valence-corrected chi connectivity index (χ3v) is 7.19. The van der Waals surface area contributed by atoms with Gasteiger partial charge in [-0.15, -0.1) is 0 Å². The number of H-pyrrole nitrogens is 1. The zero-order valence-electron chi connectivity index (χ0n) is 23.9. The minimum atomic E-state index is -1.02. The van der Waals surface area contributed by atoms with E-state index in [1.165, 1.54) is 6.92 Å². The van der Waals surface area contributed by atoms with Crippen LogP contribution in [0.2, 0.25) is 0 Å². The van der Waals surface area contributed by atoms with E-state index in [-0.39, 0.29) is 23.3 Å². The average Bonchev–Trinajstić information content (AvgIpc) is 3.24. The quantitative estimate of drug-likeness (QED) is 0.358. The summed E-state index contributed by atoms with van der Waals surface area (Å²) in [5.41, 5.74) is 0.983. The maximum absolute atomic E-state index is 13.8. The molecule has 0 fully saturated rings. The Morgan fingerprint density at radius 1 is 1.05 bits per heavy atom. The van der Waals surface area contributed by atoms with Crippen LogP contribution in [0.5, 0.6) is 0 Å². The molecular formula is C29H44N4O4. The second kappa shape index (κ2) is 11.5. The van der Waals surface area contributed by atoms with E-state index < -0.39 is 34.9 Å². The standard InChI is InChI=1S/C29H44N4O4/c1-17(2)22(15-18(3)27(36)37)33(10)26(35)24(28(4,5)6)32-25(34)23(30-9)29(7,8)20-16-31-21-14-12-11-13-19(20)21/h11-17,22-24,30-31H,1-10H3,(H,32,34)(H,36,37)/b18-15+/t22?,23?,24-/m1/s1. The van der Waals surface area contributed by atoms with Gasteiger partial charge in [-0.25, -0.2) is 4.79 Å². The van der Waals surface area contributed by atoms with Crippen LogP contribution in [0.4, 0.5) is 0 Å². The molecule has 0 aliphatic heterocycles. The molecule has 0 spiro atoms. The smallest absolute Gasteiger partial charge is 0.331 e. The number of carbonyl (C=O) groups excluding carboxylic acids is 2. The van der Waals surface area contributed by atoms with Gasteiger partial charge in [0, 0.05) is 35.1 Å². The molecule has 0 radical (unpaired) electrons. The van der Waals surface area contributed by atoms with Crippen LogP contribution in [0.3, 0.4) is 0 Å². The molecule has 37 heavy (non-hydrogen) atoms. The number of fused-ring (bicyclic) bond motifs is 1. The molecule has 1 aromatic carbocycles. The van der Waals surface area contributed by atoms with Crippen molar-refractivity contribution in [3.8, 4) is 0 Å². The molecule has 0 aliphatic rings. The lowest BCUT2D eigenvalue weighted by molar-refractivity contribution is -0.141. The van der Waals surface area contributed by atoms with Crippen LogP contribution in [0.25, 0.3) is 10.9 Å². The zero-order valence-corrected chi connectivity index (χ0v) is 23.9. The Labute approximate surface area is 220 Å². The van der Waals surface area contributed by atoms with Crippen molar-refractivity contribution in [2.24, 2.45) is 11.3 Å². The van der Waals surface area contributed by atoms with Gasteiger partial charge >= 0.3 is 5.97 Å². The van der Waals surface area contributed by atoms with Crippen molar-refractivity contribution in [2.75, 3.05) is 14.1 Å². The Hall–Kier alpha value is -3.13. The van der Waals surface area contributed by atoms with Gasteiger partial charge in [0.05, 0.1) is 12.1 Å². The van der Waals surface area contributed by atoms with E-state index in [2.05, 4.69) is 15.6 Å². The first-order chi connectivity index (χ1) is 17.0. The Morgan fingerprint density at radius 3 is 2.16 bits per heavy atom. The maximum atomic E-state index is 13.8. The predicted molar refractivity (Wildman–Crippen MR) is 148 cm³/mol. The molecule has 0 saturated carbocycles. The first-order valence-electron chi connectivity index (χ1n) is 12.8. The number of carbonyl (C=O) groups is 3. The fourth-order valence-corrected chi connectivity index (χ4v) is 4.88. The number of likely N-dealkylation sites (N-methyl/N-ethyl adjacent to an activating group) is 2.